The van der Waals surface area contributed by atoms with Crippen LogP contribution in [0.4, 0.5) is 0 Å². The van der Waals surface area contributed by atoms with Crippen molar-refractivity contribution in [1.29, 1.82) is 0 Å². The number of hydrogen-bond donors (Lipinski definition) is 1. The molecule has 0 spiro atoms. The van der Waals surface area contributed by atoms with E-state index in [1.807, 2.05) is 32.9 Å². The van der Waals surface area contributed by atoms with Gasteiger partial charge in [0.05, 0.1) is 6.10 Å². The van der Waals surface area contributed by atoms with Crippen LogP contribution < -0.4 is 4.74 Å². The Hall–Kier alpha value is -1.55. The minimum absolute atomic E-state index is 0.0321. The van der Waals surface area contributed by atoms with Crippen LogP contribution in [0.5, 0.6) is 5.75 Å². The van der Waals surface area contributed by atoms with Gasteiger partial charge in [-0.05, 0) is 38.0 Å². The Morgan fingerprint density at radius 1 is 1.32 bits per heavy atom. The fraction of sp³-hybridized carbons (Fsp3) is 0.533. The molecule has 0 aromatic heterocycles. The molecule has 1 rings (SSSR count). The highest BCUT2D eigenvalue weighted by atomic mass is 16.5. The number of hydrogen-bond acceptors (Lipinski definition) is 3. The Bertz CT molecular complexity index is 400. The van der Waals surface area contributed by atoms with Crippen LogP contribution in [-0.2, 0) is 4.79 Å². The lowest BCUT2D eigenvalue weighted by Crippen LogP contribution is -2.36. The Morgan fingerprint density at radius 3 is 2.37 bits per heavy atom. The normalized spacial score (nSPS) is 12.3. The van der Waals surface area contributed by atoms with E-state index in [1.54, 1.807) is 24.1 Å². The zero-order chi connectivity index (χ0) is 14.4. The second-order valence-electron chi connectivity index (χ2n) is 4.88. The summed E-state index contributed by atoms with van der Waals surface area (Å²) in [6, 6.07) is 7.35. The Balaban J connectivity index is 2.52. The molecule has 1 aromatic rings. The summed E-state index contributed by atoms with van der Waals surface area (Å²) in [6.07, 6.45) is 0.237. The van der Waals surface area contributed by atoms with Gasteiger partial charge in [0, 0.05) is 13.1 Å². The maximum absolute atomic E-state index is 11.7. The van der Waals surface area contributed by atoms with Crippen LogP contribution in [0, 0.1) is 0 Å². The fourth-order valence-electron chi connectivity index (χ4n) is 1.56. The monoisotopic (exact) mass is 265 g/mol. The predicted octanol–water partition coefficient (Wildman–Crippen LogP) is 2.38. The van der Waals surface area contributed by atoms with Crippen molar-refractivity contribution >= 4 is 5.91 Å². The molecule has 0 aliphatic heterocycles. The number of nitrogens with zero attached hydrogens (tertiary/aromatic N) is 1. The molecule has 0 heterocycles. The summed E-state index contributed by atoms with van der Waals surface area (Å²) in [5.41, 5.74) is 0.862. The number of ether oxygens (including phenoxy) is 1. The van der Waals surface area contributed by atoms with Crippen LogP contribution in [0.1, 0.15) is 38.9 Å². The van der Waals surface area contributed by atoms with Crippen LogP contribution in [0.25, 0.3) is 0 Å². The van der Waals surface area contributed by atoms with Crippen LogP contribution in [0.15, 0.2) is 24.3 Å². The maximum Gasteiger partial charge on any atom is 0.260 e. The van der Waals surface area contributed by atoms with Crippen molar-refractivity contribution in [3.63, 3.8) is 0 Å². The number of likely N-dealkylation sites (N-methyl/N-ethyl adjacent to an activating group) is 1. The van der Waals surface area contributed by atoms with E-state index in [-0.39, 0.29) is 18.6 Å². The Kier molecular flexibility index (Phi) is 5.83. The van der Waals surface area contributed by atoms with Gasteiger partial charge in [0.15, 0.2) is 6.61 Å². The summed E-state index contributed by atoms with van der Waals surface area (Å²) < 4.78 is 5.43. The first-order valence-corrected chi connectivity index (χ1v) is 6.62. The highest BCUT2D eigenvalue weighted by Gasteiger charge is 2.12. The zero-order valence-corrected chi connectivity index (χ0v) is 12.1. The molecule has 1 atom stereocenters. The molecule has 0 unspecified atom stereocenters. The summed E-state index contributed by atoms with van der Waals surface area (Å²) in [5.74, 6) is 0.588. The average Bonchev–Trinajstić information content (AvgIpc) is 2.43. The molecule has 1 N–H and O–H groups in total. The lowest BCUT2D eigenvalue weighted by molar-refractivity contribution is -0.133. The molecule has 4 heteroatoms. The molecule has 0 saturated heterocycles. The topological polar surface area (TPSA) is 49.8 Å². The second kappa shape index (κ2) is 7.14. The van der Waals surface area contributed by atoms with Gasteiger partial charge in [-0.2, -0.15) is 0 Å². The van der Waals surface area contributed by atoms with E-state index in [2.05, 4.69) is 0 Å². The smallest absolute Gasteiger partial charge is 0.260 e. The van der Waals surface area contributed by atoms with Crippen molar-refractivity contribution in [2.75, 3.05) is 13.7 Å². The molecule has 106 valence electrons. The molecule has 19 heavy (non-hydrogen) atoms. The van der Waals surface area contributed by atoms with Gasteiger partial charge in [-0.1, -0.05) is 19.1 Å². The third-order valence-corrected chi connectivity index (χ3v) is 3.18. The molecular formula is C15H23NO3. The van der Waals surface area contributed by atoms with Gasteiger partial charge in [0.1, 0.15) is 5.75 Å². The molecule has 0 bridgehead atoms. The van der Waals surface area contributed by atoms with E-state index in [9.17, 15) is 9.90 Å². The lowest BCUT2D eigenvalue weighted by atomic mass is 10.1. The maximum atomic E-state index is 11.7. The van der Waals surface area contributed by atoms with Crippen molar-refractivity contribution in [1.82, 2.24) is 4.90 Å². The van der Waals surface area contributed by atoms with Gasteiger partial charge in [-0.15, -0.1) is 0 Å². The summed E-state index contributed by atoms with van der Waals surface area (Å²) in [5, 5.41) is 9.67. The average molecular weight is 265 g/mol. The first kappa shape index (κ1) is 15.5. The highest BCUT2D eigenvalue weighted by Crippen LogP contribution is 2.19. The molecule has 0 radical (unpaired) electrons. The quantitative estimate of drug-likeness (QED) is 0.859. The number of carbonyl (C=O) groups is 1. The summed E-state index contributed by atoms with van der Waals surface area (Å²) >= 11 is 0. The fourth-order valence-corrected chi connectivity index (χ4v) is 1.56. The van der Waals surface area contributed by atoms with Crippen molar-refractivity contribution in [2.24, 2.45) is 0 Å². The van der Waals surface area contributed by atoms with Gasteiger partial charge >= 0.3 is 0 Å². The molecule has 0 saturated carbocycles. The third-order valence-electron chi connectivity index (χ3n) is 3.18. The third kappa shape index (κ3) is 4.56. The second-order valence-corrected chi connectivity index (χ2v) is 4.88. The number of carbonyl (C=O) groups excluding carboxylic acids is 1. The standard InChI is InChI=1S/C15H23NO3/c1-5-14(17)12-6-8-13(9-7-12)19-10-15(18)16(4)11(2)3/h6-9,11,14,17H,5,10H2,1-4H3/t14-/m0/s1. The van der Waals surface area contributed by atoms with Crippen molar-refractivity contribution in [3.8, 4) is 5.75 Å². The van der Waals surface area contributed by atoms with Crippen LogP contribution in [0.3, 0.4) is 0 Å². The van der Waals surface area contributed by atoms with Gasteiger partial charge in [-0.3, -0.25) is 4.79 Å². The zero-order valence-electron chi connectivity index (χ0n) is 12.1. The number of aliphatic hydroxyl groups excluding tert-OH is 1. The molecular weight excluding hydrogens is 242 g/mol. The highest BCUT2D eigenvalue weighted by molar-refractivity contribution is 5.77. The van der Waals surface area contributed by atoms with E-state index in [0.29, 0.717) is 12.2 Å². The van der Waals surface area contributed by atoms with Gasteiger partial charge in [0.2, 0.25) is 0 Å². The van der Waals surface area contributed by atoms with Crippen LogP contribution in [-0.4, -0.2) is 35.6 Å². The molecule has 1 amide bonds. The van der Waals surface area contributed by atoms with Gasteiger partial charge in [0.25, 0.3) is 5.91 Å². The van der Waals surface area contributed by atoms with Crippen molar-refractivity contribution in [2.45, 2.75) is 39.3 Å². The van der Waals surface area contributed by atoms with E-state index < -0.39 is 6.10 Å². The van der Waals surface area contributed by atoms with Crippen molar-refractivity contribution < 1.29 is 14.6 Å². The minimum Gasteiger partial charge on any atom is -0.484 e. The van der Waals surface area contributed by atoms with Gasteiger partial charge in [-0.25, -0.2) is 0 Å². The molecule has 0 aliphatic rings. The number of amides is 1. The Morgan fingerprint density at radius 2 is 1.89 bits per heavy atom. The van der Waals surface area contributed by atoms with E-state index >= 15 is 0 Å². The van der Waals surface area contributed by atoms with Crippen molar-refractivity contribution in [3.05, 3.63) is 29.8 Å². The molecule has 0 aliphatic carbocycles. The van der Waals surface area contributed by atoms with Gasteiger partial charge < -0.3 is 14.7 Å². The minimum atomic E-state index is -0.442. The number of rotatable bonds is 6. The summed E-state index contributed by atoms with van der Waals surface area (Å²) in [4.78, 5) is 13.4. The summed E-state index contributed by atoms with van der Waals surface area (Å²) in [6.45, 7) is 5.87. The first-order chi connectivity index (χ1) is 8.95. The van der Waals surface area contributed by atoms with E-state index in [0.717, 1.165) is 5.56 Å². The van der Waals surface area contributed by atoms with E-state index in [1.165, 1.54) is 0 Å². The Labute approximate surface area is 115 Å². The number of benzene rings is 1. The lowest BCUT2D eigenvalue weighted by Gasteiger charge is -2.21. The molecule has 4 nitrogen and oxygen atoms in total. The molecule has 0 fully saturated rings. The largest absolute Gasteiger partial charge is 0.484 e. The SMILES string of the molecule is CC[C@H](O)c1ccc(OCC(=O)N(C)C(C)C)cc1. The first-order valence-electron chi connectivity index (χ1n) is 6.62. The van der Waals surface area contributed by atoms with Crippen LogP contribution >= 0.6 is 0 Å². The summed E-state index contributed by atoms with van der Waals surface area (Å²) in [7, 11) is 1.76. The number of aliphatic hydroxyl groups is 1. The van der Waals surface area contributed by atoms with Crippen LogP contribution in [0.2, 0.25) is 0 Å². The molecule has 1 aromatic carbocycles. The van der Waals surface area contributed by atoms with E-state index in [4.69, 9.17) is 4.74 Å². The predicted molar refractivity (Wildman–Crippen MR) is 75.1 cm³/mol.